The second kappa shape index (κ2) is 8.94. The van der Waals surface area contributed by atoms with Gasteiger partial charge in [-0.2, -0.15) is 0 Å². The summed E-state index contributed by atoms with van der Waals surface area (Å²) in [5, 5.41) is 9.20. The van der Waals surface area contributed by atoms with Crippen molar-refractivity contribution in [2.24, 2.45) is 5.73 Å². The van der Waals surface area contributed by atoms with Gasteiger partial charge in [-0.05, 0) is 63.1 Å². The molecule has 0 amide bonds. The molecule has 0 radical (unpaired) electrons. The molecule has 1 heterocycles. The van der Waals surface area contributed by atoms with E-state index < -0.39 is 5.54 Å². The summed E-state index contributed by atoms with van der Waals surface area (Å²) in [5.74, 6) is 0.720. The predicted octanol–water partition coefficient (Wildman–Crippen LogP) is 3.69. The second-order valence-corrected chi connectivity index (χ2v) is 7.61. The second-order valence-electron chi connectivity index (χ2n) is 6.41. The molecule has 3 N–H and O–H groups in total. The standard InChI is InChI=1S/C20H25NO3S/c1-15(23)16-5-3-6-17(13-16)24-12-4-7-18-8-9-19(25-18)10-11-20(2,21)14-22/h3-9,13,22H,10-12,14,21H2,1-2H3/b7-4+. The minimum absolute atomic E-state index is 0.00664. The first-order chi connectivity index (χ1) is 11.9. The van der Waals surface area contributed by atoms with Gasteiger partial charge in [0.25, 0.3) is 0 Å². The highest BCUT2D eigenvalue weighted by Gasteiger charge is 2.16. The number of aliphatic hydroxyl groups excluding tert-OH is 1. The van der Waals surface area contributed by atoms with Crippen LogP contribution in [0.25, 0.3) is 6.08 Å². The van der Waals surface area contributed by atoms with E-state index in [2.05, 4.69) is 12.1 Å². The Morgan fingerprint density at radius 2 is 2.16 bits per heavy atom. The summed E-state index contributed by atoms with van der Waals surface area (Å²) in [6.07, 6.45) is 5.59. The van der Waals surface area contributed by atoms with Gasteiger partial charge in [0.05, 0.1) is 6.61 Å². The van der Waals surface area contributed by atoms with Crippen molar-refractivity contribution < 1.29 is 14.6 Å². The van der Waals surface area contributed by atoms with Crippen molar-refractivity contribution in [3.8, 4) is 5.75 Å². The van der Waals surface area contributed by atoms with Crippen LogP contribution in [0.2, 0.25) is 0 Å². The number of ketones is 1. The predicted molar refractivity (Wildman–Crippen MR) is 103 cm³/mol. The number of aryl methyl sites for hydroxylation is 1. The minimum atomic E-state index is -0.526. The van der Waals surface area contributed by atoms with E-state index in [1.165, 1.54) is 4.88 Å². The molecule has 0 aliphatic heterocycles. The van der Waals surface area contributed by atoms with Crippen molar-refractivity contribution in [2.75, 3.05) is 13.2 Å². The number of carbonyl (C=O) groups excluding carboxylic acids is 1. The van der Waals surface area contributed by atoms with E-state index in [1.807, 2.05) is 31.2 Å². The number of rotatable bonds is 9. The molecule has 2 rings (SSSR count). The molecule has 134 valence electrons. The van der Waals surface area contributed by atoms with Crippen LogP contribution in [0.15, 0.2) is 42.5 Å². The number of Topliss-reactive ketones (excluding diaryl/α,β-unsaturated/α-hetero) is 1. The fraction of sp³-hybridized carbons (Fsp3) is 0.350. The third-order valence-corrected chi connectivity index (χ3v) is 4.97. The third kappa shape index (κ3) is 6.46. The van der Waals surface area contributed by atoms with Gasteiger partial charge < -0.3 is 15.6 Å². The number of hydrogen-bond acceptors (Lipinski definition) is 5. The molecule has 1 aromatic carbocycles. The number of hydrogen-bond donors (Lipinski definition) is 2. The fourth-order valence-corrected chi connectivity index (χ4v) is 3.16. The number of thiophene rings is 1. The van der Waals surface area contributed by atoms with Crippen LogP contribution in [0, 0.1) is 0 Å². The number of carbonyl (C=O) groups is 1. The van der Waals surface area contributed by atoms with Crippen molar-refractivity contribution in [2.45, 2.75) is 32.2 Å². The van der Waals surface area contributed by atoms with E-state index in [9.17, 15) is 9.90 Å². The first kappa shape index (κ1) is 19.4. The summed E-state index contributed by atoms with van der Waals surface area (Å²) < 4.78 is 5.65. The Labute approximate surface area is 152 Å². The maximum atomic E-state index is 11.4. The van der Waals surface area contributed by atoms with Crippen molar-refractivity contribution in [3.05, 3.63) is 57.8 Å². The van der Waals surface area contributed by atoms with Gasteiger partial charge in [0.1, 0.15) is 12.4 Å². The molecule has 0 aliphatic carbocycles. The van der Waals surface area contributed by atoms with E-state index in [4.69, 9.17) is 10.5 Å². The van der Waals surface area contributed by atoms with Crippen LogP contribution in [-0.4, -0.2) is 29.6 Å². The molecule has 5 heteroatoms. The smallest absolute Gasteiger partial charge is 0.159 e. The Balaban J connectivity index is 1.83. The summed E-state index contributed by atoms with van der Waals surface area (Å²) in [7, 11) is 0. The highest BCUT2D eigenvalue weighted by molar-refractivity contribution is 7.12. The number of aliphatic hydroxyl groups is 1. The lowest BCUT2D eigenvalue weighted by Gasteiger charge is -2.20. The molecular weight excluding hydrogens is 334 g/mol. The van der Waals surface area contributed by atoms with Gasteiger partial charge in [-0.15, -0.1) is 11.3 Å². The van der Waals surface area contributed by atoms with Gasteiger partial charge in [0, 0.05) is 20.9 Å². The van der Waals surface area contributed by atoms with E-state index >= 15 is 0 Å². The van der Waals surface area contributed by atoms with Gasteiger partial charge in [0.15, 0.2) is 5.78 Å². The molecule has 0 aliphatic rings. The third-order valence-electron chi connectivity index (χ3n) is 3.86. The summed E-state index contributed by atoms with van der Waals surface area (Å²) in [6, 6.07) is 11.4. The minimum Gasteiger partial charge on any atom is -0.490 e. The van der Waals surface area contributed by atoms with Crippen molar-refractivity contribution in [3.63, 3.8) is 0 Å². The summed E-state index contributed by atoms with van der Waals surface area (Å²) in [6.45, 7) is 3.84. The van der Waals surface area contributed by atoms with Gasteiger partial charge in [0.2, 0.25) is 0 Å². The van der Waals surface area contributed by atoms with Crippen LogP contribution in [-0.2, 0) is 6.42 Å². The van der Waals surface area contributed by atoms with Crippen LogP contribution in [0.4, 0.5) is 0 Å². The zero-order valence-electron chi connectivity index (χ0n) is 14.7. The summed E-state index contributed by atoms with van der Waals surface area (Å²) in [5.41, 5.74) is 6.08. The van der Waals surface area contributed by atoms with E-state index in [0.717, 1.165) is 17.7 Å². The molecule has 0 fully saturated rings. The summed E-state index contributed by atoms with van der Waals surface area (Å²) in [4.78, 5) is 13.8. The maximum Gasteiger partial charge on any atom is 0.159 e. The SMILES string of the molecule is CC(=O)c1cccc(OC/C=C/c2ccc(CCC(C)(N)CO)s2)c1. The Morgan fingerprint density at radius 3 is 2.88 bits per heavy atom. The molecule has 4 nitrogen and oxygen atoms in total. The van der Waals surface area contributed by atoms with Crippen molar-refractivity contribution in [1.29, 1.82) is 0 Å². The fourth-order valence-electron chi connectivity index (χ4n) is 2.22. The lowest BCUT2D eigenvalue weighted by molar-refractivity contribution is 0.101. The normalized spacial score (nSPS) is 13.8. The van der Waals surface area contributed by atoms with Gasteiger partial charge in [-0.3, -0.25) is 4.79 Å². The van der Waals surface area contributed by atoms with Gasteiger partial charge in [-0.1, -0.05) is 12.1 Å². The van der Waals surface area contributed by atoms with Crippen molar-refractivity contribution in [1.82, 2.24) is 0 Å². The van der Waals surface area contributed by atoms with E-state index in [1.54, 1.807) is 30.4 Å². The van der Waals surface area contributed by atoms with Crippen LogP contribution >= 0.6 is 11.3 Å². The molecule has 1 unspecified atom stereocenters. The van der Waals surface area contributed by atoms with E-state index in [0.29, 0.717) is 17.9 Å². The number of benzene rings is 1. The topological polar surface area (TPSA) is 72.5 Å². The molecular formula is C20H25NO3S. The summed E-state index contributed by atoms with van der Waals surface area (Å²) >= 11 is 1.71. The first-order valence-corrected chi connectivity index (χ1v) is 9.10. The Hall–Kier alpha value is -1.95. The Morgan fingerprint density at radius 1 is 1.36 bits per heavy atom. The molecule has 25 heavy (non-hydrogen) atoms. The molecule has 0 saturated heterocycles. The Kier molecular flexibility index (Phi) is 6.93. The zero-order chi connectivity index (χ0) is 18.3. The maximum absolute atomic E-state index is 11.4. The first-order valence-electron chi connectivity index (χ1n) is 8.28. The zero-order valence-corrected chi connectivity index (χ0v) is 15.5. The molecule has 1 aromatic heterocycles. The van der Waals surface area contributed by atoms with Crippen LogP contribution < -0.4 is 10.5 Å². The number of ether oxygens (including phenoxy) is 1. The van der Waals surface area contributed by atoms with Gasteiger partial charge >= 0.3 is 0 Å². The van der Waals surface area contributed by atoms with E-state index in [-0.39, 0.29) is 12.4 Å². The lowest BCUT2D eigenvalue weighted by Crippen LogP contribution is -2.40. The largest absolute Gasteiger partial charge is 0.490 e. The highest BCUT2D eigenvalue weighted by Crippen LogP contribution is 2.21. The van der Waals surface area contributed by atoms with Crippen molar-refractivity contribution >= 4 is 23.2 Å². The molecule has 0 saturated carbocycles. The lowest BCUT2D eigenvalue weighted by atomic mass is 9.98. The average molecular weight is 359 g/mol. The average Bonchev–Trinajstić information content (AvgIpc) is 3.05. The highest BCUT2D eigenvalue weighted by atomic mass is 32.1. The quantitative estimate of drug-likeness (QED) is 0.670. The van der Waals surface area contributed by atoms with Crippen LogP contribution in [0.1, 0.15) is 40.4 Å². The molecule has 0 bridgehead atoms. The monoisotopic (exact) mass is 359 g/mol. The molecule has 1 atom stereocenters. The van der Waals surface area contributed by atoms with Crippen LogP contribution in [0.5, 0.6) is 5.75 Å². The van der Waals surface area contributed by atoms with Crippen LogP contribution in [0.3, 0.4) is 0 Å². The number of nitrogens with two attached hydrogens (primary N) is 1. The molecule has 0 spiro atoms. The Bertz CT molecular complexity index is 734. The molecule has 2 aromatic rings. The van der Waals surface area contributed by atoms with Gasteiger partial charge in [-0.25, -0.2) is 0 Å².